The second-order valence-corrected chi connectivity index (χ2v) is 6.99. The Morgan fingerprint density at radius 1 is 0.739 bits per heavy atom. The van der Waals surface area contributed by atoms with Gasteiger partial charge in [0.2, 0.25) is 0 Å². The second-order valence-electron chi connectivity index (χ2n) is 6.99. The third-order valence-corrected chi connectivity index (χ3v) is 5.85. The number of phenolic OH excluding ortho intramolecular Hbond substituents is 1. The fraction of sp³-hybridized carbons (Fsp3) is 0.273. The summed E-state index contributed by atoms with van der Waals surface area (Å²) >= 11 is 0. The van der Waals surface area contributed by atoms with E-state index in [1.165, 1.54) is 53.3 Å². The van der Waals surface area contributed by atoms with Crippen LogP contribution in [0, 0.1) is 0 Å². The molecule has 2 unspecified atom stereocenters. The third kappa shape index (κ3) is 1.80. The second kappa shape index (κ2) is 4.86. The molecule has 23 heavy (non-hydrogen) atoms. The SMILES string of the molecule is Oc1cc2c(c3ccccc13)-c1ccccc1C1CCCCC21. The molecular formula is C22H20O. The lowest BCUT2D eigenvalue weighted by molar-refractivity contribution is 0.382. The van der Waals surface area contributed by atoms with Crippen molar-refractivity contribution in [3.8, 4) is 16.9 Å². The van der Waals surface area contributed by atoms with Crippen LogP contribution in [0.2, 0.25) is 0 Å². The highest BCUT2D eigenvalue weighted by Crippen LogP contribution is 2.55. The van der Waals surface area contributed by atoms with E-state index in [9.17, 15) is 5.11 Å². The summed E-state index contributed by atoms with van der Waals surface area (Å²) in [5.74, 6) is 1.61. The van der Waals surface area contributed by atoms with E-state index in [2.05, 4.69) is 42.5 Å². The van der Waals surface area contributed by atoms with E-state index in [0.717, 1.165) is 5.39 Å². The number of rotatable bonds is 0. The van der Waals surface area contributed by atoms with E-state index in [-0.39, 0.29) is 0 Å². The molecule has 2 aliphatic rings. The summed E-state index contributed by atoms with van der Waals surface area (Å²) in [4.78, 5) is 0. The zero-order valence-electron chi connectivity index (χ0n) is 13.1. The molecule has 0 spiro atoms. The Balaban J connectivity index is 1.91. The van der Waals surface area contributed by atoms with Crippen molar-refractivity contribution < 1.29 is 5.11 Å². The van der Waals surface area contributed by atoms with Gasteiger partial charge in [-0.15, -0.1) is 0 Å². The Bertz CT molecular complexity index is 909. The Labute approximate surface area is 136 Å². The molecule has 0 aromatic heterocycles. The standard InChI is InChI=1S/C22H20O/c23-21-13-20-16-9-2-1-7-14(16)15-8-3-5-11-18(15)22(20)19-12-6-4-10-17(19)21/h3-6,8,10-14,16,23H,1-2,7,9H2. The normalized spacial score (nSPS) is 22.3. The number of fused-ring (bicyclic) bond motifs is 8. The van der Waals surface area contributed by atoms with E-state index >= 15 is 0 Å². The van der Waals surface area contributed by atoms with Crippen LogP contribution >= 0.6 is 0 Å². The van der Waals surface area contributed by atoms with Crippen LogP contribution in [0.4, 0.5) is 0 Å². The average molecular weight is 300 g/mol. The molecule has 0 bridgehead atoms. The van der Waals surface area contributed by atoms with Crippen LogP contribution in [-0.2, 0) is 0 Å². The fourth-order valence-electron chi connectivity index (χ4n) is 4.89. The van der Waals surface area contributed by atoms with E-state index in [0.29, 0.717) is 17.6 Å². The van der Waals surface area contributed by atoms with Crippen molar-refractivity contribution >= 4 is 10.8 Å². The van der Waals surface area contributed by atoms with Gasteiger partial charge in [-0.2, -0.15) is 0 Å². The van der Waals surface area contributed by atoms with Crippen LogP contribution in [-0.4, -0.2) is 5.11 Å². The maximum atomic E-state index is 10.6. The molecule has 2 aliphatic carbocycles. The van der Waals surface area contributed by atoms with E-state index in [1.807, 2.05) is 12.1 Å². The summed E-state index contributed by atoms with van der Waals surface area (Å²) in [7, 11) is 0. The summed E-state index contributed by atoms with van der Waals surface area (Å²) in [6, 6.07) is 19.2. The molecule has 0 heterocycles. The number of benzene rings is 3. The van der Waals surface area contributed by atoms with E-state index in [1.54, 1.807) is 0 Å². The molecule has 1 saturated carbocycles. The first-order valence-corrected chi connectivity index (χ1v) is 8.68. The molecule has 0 saturated heterocycles. The van der Waals surface area contributed by atoms with Crippen molar-refractivity contribution in [2.45, 2.75) is 37.5 Å². The minimum atomic E-state index is 0.433. The van der Waals surface area contributed by atoms with Gasteiger partial charge in [-0.25, -0.2) is 0 Å². The molecule has 5 rings (SSSR count). The molecule has 2 atom stereocenters. The maximum Gasteiger partial charge on any atom is 0.123 e. The zero-order valence-corrected chi connectivity index (χ0v) is 13.1. The van der Waals surface area contributed by atoms with Gasteiger partial charge in [-0.05, 0) is 58.4 Å². The van der Waals surface area contributed by atoms with Crippen LogP contribution in [0.15, 0.2) is 54.6 Å². The number of phenols is 1. The summed E-state index contributed by atoms with van der Waals surface area (Å²) in [6.45, 7) is 0. The first-order chi connectivity index (χ1) is 11.3. The maximum absolute atomic E-state index is 10.6. The summed E-state index contributed by atoms with van der Waals surface area (Å²) in [6.07, 6.45) is 5.14. The van der Waals surface area contributed by atoms with Crippen LogP contribution in [0.1, 0.15) is 48.6 Å². The van der Waals surface area contributed by atoms with Crippen LogP contribution in [0.25, 0.3) is 21.9 Å². The first-order valence-electron chi connectivity index (χ1n) is 8.68. The number of hydrogen-bond acceptors (Lipinski definition) is 1. The predicted molar refractivity (Wildman–Crippen MR) is 95.0 cm³/mol. The van der Waals surface area contributed by atoms with Crippen LogP contribution < -0.4 is 0 Å². The Kier molecular flexibility index (Phi) is 2.78. The van der Waals surface area contributed by atoms with Gasteiger partial charge in [0.15, 0.2) is 0 Å². The van der Waals surface area contributed by atoms with Gasteiger partial charge in [0.05, 0.1) is 0 Å². The largest absolute Gasteiger partial charge is 0.507 e. The van der Waals surface area contributed by atoms with Crippen molar-refractivity contribution in [3.05, 3.63) is 65.7 Å². The Morgan fingerprint density at radius 2 is 1.39 bits per heavy atom. The Hall–Kier alpha value is -2.28. The minimum Gasteiger partial charge on any atom is -0.507 e. The quantitative estimate of drug-likeness (QED) is 0.542. The van der Waals surface area contributed by atoms with Crippen LogP contribution in [0.5, 0.6) is 5.75 Å². The highest BCUT2D eigenvalue weighted by molar-refractivity contribution is 6.03. The molecule has 3 aromatic carbocycles. The van der Waals surface area contributed by atoms with Crippen molar-refractivity contribution in [2.75, 3.05) is 0 Å². The zero-order chi connectivity index (χ0) is 15.4. The smallest absolute Gasteiger partial charge is 0.123 e. The van der Waals surface area contributed by atoms with Crippen molar-refractivity contribution in [1.29, 1.82) is 0 Å². The van der Waals surface area contributed by atoms with Gasteiger partial charge in [0.25, 0.3) is 0 Å². The van der Waals surface area contributed by atoms with Gasteiger partial charge < -0.3 is 5.11 Å². The average Bonchev–Trinajstić information content (AvgIpc) is 2.62. The van der Waals surface area contributed by atoms with Gasteiger partial charge in [0.1, 0.15) is 5.75 Å². The summed E-state index contributed by atoms with van der Waals surface area (Å²) in [5, 5.41) is 12.7. The molecule has 1 fully saturated rings. The lowest BCUT2D eigenvalue weighted by Gasteiger charge is -2.39. The Morgan fingerprint density at radius 3 is 2.22 bits per heavy atom. The van der Waals surface area contributed by atoms with Gasteiger partial charge in [0, 0.05) is 5.39 Å². The third-order valence-electron chi connectivity index (χ3n) is 5.85. The van der Waals surface area contributed by atoms with Gasteiger partial charge >= 0.3 is 0 Å². The number of hydrogen-bond donors (Lipinski definition) is 1. The lowest BCUT2D eigenvalue weighted by Crippen LogP contribution is -2.21. The van der Waals surface area contributed by atoms with Crippen molar-refractivity contribution in [3.63, 3.8) is 0 Å². The molecule has 1 heteroatoms. The van der Waals surface area contributed by atoms with Crippen molar-refractivity contribution in [2.24, 2.45) is 0 Å². The summed E-state index contributed by atoms with van der Waals surface area (Å²) in [5.41, 5.74) is 5.61. The monoisotopic (exact) mass is 300 g/mol. The molecular weight excluding hydrogens is 280 g/mol. The van der Waals surface area contributed by atoms with Gasteiger partial charge in [-0.3, -0.25) is 0 Å². The summed E-state index contributed by atoms with van der Waals surface area (Å²) < 4.78 is 0. The predicted octanol–water partition coefficient (Wildman–Crippen LogP) is 5.97. The fourth-order valence-corrected chi connectivity index (χ4v) is 4.89. The number of aromatic hydroxyl groups is 1. The van der Waals surface area contributed by atoms with Gasteiger partial charge in [-0.1, -0.05) is 61.4 Å². The molecule has 0 radical (unpaired) electrons. The first kappa shape index (κ1) is 13.2. The molecule has 0 aliphatic heterocycles. The van der Waals surface area contributed by atoms with E-state index in [4.69, 9.17) is 0 Å². The topological polar surface area (TPSA) is 20.2 Å². The van der Waals surface area contributed by atoms with E-state index < -0.39 is 0 Å². The molecule has 3 aromatic rings. The lowest BCUT2D eigenvalue weighted by atomic mass is 9.65. The molecule has 1 nitrogen and oxygen atoms in total. The molecule has 114 valence electrons. The molecule has 1 N–H and O–H groups in total. The molecule has 0 amide bonds. The highest BCUT2D eigenvalue weighted by atomic mass is 16.3. The minimum absolute atomic E-state index is 0.433. The van der Waals surface area contributed by atoms with Crippen molar-refractivity contribution in [1.82, 2.24) is 0 Å². The van der Waals surface area contributed by atoms with Crippen LogP contribution in [0.3, 0.4) is 0 Å². The highest BCUT2D eigenvalue weighted by Gasteiger charge is 2.36.